The summed E-state index contributed by atoms with van der Waals surface area (Å²) in [5.41, 5.74) is -1.35. The SMILES string of the molecule is CC(=O)NCC(CO)(COCC1O[C@@H](O)C(NC(C)=O)[C@@H](O)C1O)CO[C@@H]1OC(CO)C(O)[C@H](O)C1O. The number of nitrogens with one attached hydrogen (secondary N) is 2. The van der Waals surface area contributed by atoms with Crippen molar-refractivity contribution in [3.8, 4) is 0 Å². The van der Waals surface area contributed by atoms with E-state index in [-0.39, 0.29) is 19.8 Å². The Morgan fingerprint density at radius 1 is 0.838 bits per heavy atom. The molecule has 11 atom stereocenters. The maximum absolute atomic E-state index is 11.5. The number of hydrogen-bond donors (Lipinski definition) is 10. The largest absolute Gasteiger partial charge is 0.396 e. The summed E-state index contributed by atoms with van der Waals surface area (Å²) in [6, 6.07) is -1.27. The highest BCUT2D eigenvalue weighted by molar-refractivity contribution is 5.73. The van der Waals surface area contributed by atoms with Gasteiger partial charge in [-0.25, -0.2) is 0 Å². The van der Waals surface area contributed by atoms with E-state index < -0.39 is 98.4 Å². The Labute approximate surface area is 212 Å². The normalized spacial score (nSPS) is 38.0. The molecule has 0 aromatic heterocycles. The third kappa shape index (κ3) is 8.22. The Morgan fingerprint density at radius 2 is 1.49 bits per heavy atom. The maximum Gasteiger partial charge on any atom is 0.217 e. The number of hydrogen-bond acceptors (Lipinski definition) is 14. The second-order valence-corrected chi connectivity index (χ2v) is 9.36. The summed E-state index contributed by atoms with van der Waals surface area (Å²) in [6.45, 7) is -0.182. The van der Waals surface area contributed by atoms with Crippen molar-refractivity contribution >= 4 is 11.8 Å². The molecule has 0 aliphatic carbocycles. The van der Waals surface area contributed by atoms with Gasteiger partial charge in [0.15, 0.2) is 12.6 Å². The van der Waals surface area contributed by atoms with Gasteiger partial charge in [0.05, 0.1) is 38.4 Å². The topological polar surface area (TPSA) is 257 Å². The van der Waals surface area contributed by atoms with Crippen molar-refractivity contribution in [2.45, 2.75) is 75.2 Å². The van der Waals surface area contributed by atoms with Crippen LogP contribution >= 0.6 is 0 Å². The highest BCUT2D eigenvalue weighted by atomic mass is 16.7. The third-order valence-electron chi connectivity index (χ3n) is 6.23. The van der Waals surface area contributed by atoms with Crippen LogP contribution in [-0.4, -0.2) is 154 Å². The smallest absolute Gasteiger partial charge is 0.217 e. The van der Waals surface area contributed by atoms with Gasteiger partial charge in [-0.1, -0.05) is 0 Å². The van der Waals surface area contributed by atoms with Crippen LogP contribution in [-0.2, 0) is 28.5 Å². The molecule has 2 fully saturated rings. The Hall–Kier alpha value is -1.54. The number of ether oxygens (including phenoxy) is 4. The molecular formula is C21H38N2O14. The molecule has 2 rings (SSSR count). The minimum absolute atomic E-state index is 0.180. The number of carbonyl (C=O) groups is 2. The quantitative estimate of drug-likeness (QED) is 0.110. The van der Waals surface area contributed by atoms with E-state index in [4.69, 9.17) is 18.9 Å². The molecule has 10 N–H and O–H groups in total. The van der Waals surface area contributed by atoms with Gasteiger partial charge >= 0.3 is 0 Å². The standard InChI is InChI=1S/C21H38N2O14/c1-9(26)22-5-21(6-25,8-35-20-18(32)17(31)14(28)11(3-24)37-20)7-34-4-12-15(29)16(30)13(19(33)36-12)23-10(2)27/h11-20,24-25,28-33H,3-8H2,1-2H3,(H,22,26)(H,23,27)/t11?,12?,13?,14?,15?,16-,17+,18?,19-,20-,21?/m1/s1. The fraction of sp³-hybridized carbons (Fsp3) is 0.905. The van der Waals surface area contributed by atoms with Crippen molar-refractivity contribution in [3.05, 3.63) is 0 Å². The first-order valence-corrected chi connectivity index (χ1v) is 11.7. The third-order valence-corrected chi connectivity index (χ3v) is 6.23. The number of carbonyl (C=O) groups excluding carboxylic acids is 2. The van der Waals surface area contributed by atoms with Crippen LogP contribution in [0.15, 0.2) is 0 Å². The van der Waals surface area contributed by atoms with Gasteiger partial charge in [-0.2, -0.15) is 0 Å². The van der Waals surface area contributed by atoms with Crippen molar-refractivity contribution < 1.29 is 69.4 Å². The molecule has 2 aliphatic rings. The molecule has 0 aromatic carbocycles. The lowest BCUT2D eigenvalue weighted by molar-refractivity contribution is -0.308. The molecule has 0 radical (unpaired) electrons. The molecule has 2 heterocycles. The van der Waals surface area contributed by atoms with Crippen molar-refractivity contribution in [1.29, 1.82) is 0 Å². The Bertz CT molecular complexity index is 744. The van der Waals surface area contributed by atoms with E-state index in [9.17, 15) is 50.4 Å². The van der Waals surface area contributed by atoms with E-state index in [0.717, 1.165) is 6.92 Å². The molecule has 16 heteroatoms. The lowest BCUT2D eigenvalue weighted by Gasteiger charge is -2.42. The van der Waals surface area contributed by atoms with Crippen LogP contribution in [0, 0.1) is 5.41 Å². The summed E-state index contributed by atoms with van der Waals surface area (Å²) in [5.74, 6) is -0.995. The molecule has 0 aromatic rings. The van der Waals surface area contributed by atoms with Crippen LogP contribution in [0.1, 0.15) is 13.8 Å². The second-order valence-electron chi connectivity index (χ2n) is 9.36. The van der Waals surface area contributed by atoms with E-state index in [1.54, 1.807) is 0 Å². The van der Waals surface area contributed by atoms with Gasteiger partial charge in [0.1, 0.15) is 48.8 Å². The van der Waals surface area contributed by atoms with Gasteiger partial charge < -0.3 is 70.4 Å². The molecule has 37 heavy (non-hydrogen) atoms. The lowest BCUT2D eigenvalue weighted by atomic mass is 9.90. The van der Waals surface area contributed by atoms with E-state index in [1.165, 1.54) is 6.92 Å². The van der Waals surface area contributed by atoms with Gasteiger partial charge in [-0.15, -0.1) is 0 Å². The van der Waals surface area contributed by atoms with Crippen molar-refractivity contribution in [3.63, 3.8) is 0 Å². The number of aliphatic hydroxyl groups excluding tert-OH is 8. The summed E-state index contributed by atoms with van der Waals surface area (Å²) in [5, 5.41) is 85.0. The lowest BCUT2D eigenvalue weighted by Crippen LogP contribution is -2.64. The van der Waals surface area contributed by atoms with Crippen LogP contribution in [0.5, 0.6) is 0 Å². The number of aliphatic hydroxyl groups is 8. The molecule has 16 nitrogen and oxygen atoms in total. The molecule has 2 aliphatic heterocycles. The summed E-state index contributed by atoms with van der Waals surface area (Å²) in [7, 11) is 0. The first-order valence-electron chi connectivity index (χ1n) is 11.7. The monoisotopic (exact) mass is 542 g/mol. The first kappa shape index (κ1) is 31.7. The second kappa shape index (κ2) is 14.0. The summed E-state index contributed by atoms with van der Waals surface area (Å²) in [4.78, 5) is 22.8. The predicted octanol–water partition coefficient (Wildman–Crippen LogP) is -6.12. The average Bonchev–Trinajstić information content (AvgIpc) is 2.85. The molecule has 0 spiro atoms. The van der Waals surface area contributed by atoms with Crippen LogP contribution in [0.4, 0.5) is 0 Å². The fourth-order valence-electron chi connectivity index (χ4n) is 3.93. The van der Waals surface area contributed by atoms with Gasteiger partial charge in [-0.05, 0) is 0 Å². The number of amides is 2. The van der Waals surface area contributed by atoms with Gasteiger partial charge in [0.2, 0.25) is 11.8 Å². The van der Waals surface area contributed by atoms with Crippen molar-refractivity contribution in [2.24, 2.45) is 5.41 Å². The van der Waals surface area contributed by atoms with Crippen LogP contribution in [0.2, 0.25) is 0 Å². The molecule has 2 amide bonds. The summed E-state index contributed by atoms with van der Waals surface area (Å²) < 4.78 is 21.7. The summed E-state index contributed by atoms with van der Waals surface area (Å²) >= 11 is 0. The van der Waals surface area contributed by atoms with Crippen molar-refractivity contribution in [1.82, 2.24) is 10.6 Å². The fourth-order valence-corrected chi connectivity index (χ4v) is 3.93. The zero-order valence-corrected chi connectivity index (χ0v) is 20.5. The zero-order chi connectivity index (χ0) is 27.9. The minimum Gasteiger partial charge on any atom is -0.396 e. The van der Waals surface area contributed by atoms with Gasteiger partial charge in [0, 0.05) is 20.4 Å². The predicted molar refractivity (Wildman–Crippen MR) is 119 cm³/mol. The molecule has 0 saturated carbocycles. The van der Waals surface area contributed by atoms with Crippen LogP contribution in [0.25, 0.3) is 0 Å². The Morgan fingerprint density at radius 3 is 2.05 bits per heavy atom. The minimum atomic E-state index is -1.69. The maximum atomic E-state index is 11.5. The Balaban J connectivity index is 2.04. The zero-order valence-electron chi connectivity index (χ0n) is 20.5. The highest BCUT2D eigenvalue weighted by Gasteiger charge is 2.46. The molecule has 216 valence electrons. The highest BCUT2D eigenvalue weighted by Crippen LogP contribution is 2.26. The van der Waals surface area contributed by atoms with Gasteiger partial charge in [-0.3, -0.25) is 9.59 Å². The Kier molecular flexibility index (Phi) is 12.0. The first-order chi connectivity index (χ1) is 17.4. The average molecular weight is 543 g/mol. The molecule has 0 bridgehead atoms. The summed E-state index contributed by atoms with van der Waals surface area (Å²) in [6.07, 6.45) is -13.7. The molecule has 7 unspecified atom stereocenters. The van der Waals surface area contributed by atoms with Crippen LogP contribution < -0.4 is 10.6 Å². The van der Waals surface area contributed by atoms with Crippen LogP contribution in [0.3, 0.4) is 0 Å². The van der Waals surface area contributed by atoms with Crippen molar-refractivity contribution in [2.75, 3.05) is 39.6 Å². The number of rotatable bonds is 12. The van der Waals surface area contributed by atoms with Gasteiger partial charge in [0.25, 0.3) is 0 Å². The van der Waals surface area contributed by atoms with E-state index >= 15 is 0 Å². The van der Waals surface area contributed by atoms with E-state index in [1.807, 2.05) is 0 Å². The van der Waals surface area contributed by atoms with E-state index in [0.29, 0.717) is 0 Å². The van der Waals surface area contributed by atoms with E-state index in [2.05, 4.69) is 10.6 Å². The molecule has 2 saturated heterocycles. The molecular weight excluding hydrogens is 504 g/mol.